The van der Waals surface area contributed by atoms with Crippen LogP contribution in [-0.4, -0.2) is 18.8 Å². The van der Waals surface area contributed by atoms with Crippen molar-refractivity contribution in [3.63, 3.8) is 0 Å². The fraction of sp³-hybridized carbons (Fsp3) is 1.00. The molecule has 68 valence electrons. The molecule has 3 fully saturated rings. The van der Waals surface area contributed by atoms with E-state index < -0.39 is 0 Å². The summed E-state index contributed by atoms with van der Waals surface area (Å²) in [5.41, 5.74) is 6.66. The Labute approximate surface area is 73.5 Å². The molecular weight excluding hydrogens is 150 g/mol. The Morgan fingerprint density at radius 1 is 1.25 bits per heavy atom. The van der Waals surface area contributed by atoms with Crippen LogP contribution in [0.3, 0.4) is 0 Å². The van der Waals surface area contributed by atoms with Gasteiger partial charge in [0, 0.05) is 24.0 Å². The smallest absolute Gasteiger partial charge is 0.0690 e. The van der Waals surface area contributed by atoms with E-state index in [1.165, 1.54) is 32.1 Å². The van der Waals surface area contributed by atoms with E-state index in [9.17, 15) is 0 Å². The average molecular weight is 167 g/mol. The van der Waals surface area contributed by atoms with Gasteiger partial charge in [-0.15, -0.1) is 0 Å². The summed E-state index contributed by atoms with van der Waals surface area (Å²) in [7, 11) is 0. The lowest BCUT2D eigenvalue weighted by Gasteiger charge is -2.55. The van der Waals surface area contributed by atoms with Crippen molar-refractivity contribution in [3.8, 4) is 0 Å². The molecule has 2 saturated carbocycles. The molecule has 3 rings (SSSR count). The topological polar surface area (TPSA) is 35.2 Å². The lowest BCUT2D eigenvalue weighted by Crippen LogP contribution is -2.65. The van der Waals surface area contributed by atoms with Crippen LogP contribution in [0.2, 0.25) is 0 Å². The van der Waals surface area contributed by atoms with E-state index in [2.05, 4.69) is 0 Å². The van der Waals surface area contributed by atoms with Crippen molar-refractivity contribution in [1.29, 1.82) is 0 Å². The van der Waals surface area contributed by atoms with E-state index in [0.29, 0.717) is 23.5 Å². The van der Waals surface area contributed by atoms with Crippen molar-refractivity contribution in [2.75, 3.05) is 6.61 Å². The summed E-state index contributed by atoms with van der Waals surface area (Å²) >= 11 is 0. The number of ether oxygens (including phenoxy) is 1. The summed E-state index contributed by atoms with van der Waals surface area (Å²) < 4.78 is 5.78. The van der Waals surface area contributed by atoms with Crippen LogP contribution >= 0.6 is 0 Å². The van der Waals surface area contributed by atoms with Crippen molar-refractivity contribution < 1.29 is 4.74 Å². The summed E-state index contributed by atoms with van der Waals surface area (Å²) in [6.45, 7) is 0.963. The minimum absolute atomic E-state index is 0.432. The van der Waals surface area contributed by atoms with Crippen LogP contribution in [0, 0.1) is 11.3 Å². The summed E-state index contributed by atoms with van der Waals surface area (Å²) in [4.78, 5) is 0. The van der Waals surface area contributed by atoms with Gasteiger partial charge in [-0.25, -0.2) is 0 Å². The summed E-state index contributed by atoms with van der Waals surface area (Å²) in [5.74, 6) is 0.711. The number of hydrogen-bond acceptors (Lipinski definition) is 2. The van der Waals surface area contributed by atoms with Crippen molar-refractivity contribution in [3.05, 3.63) is 0 Å². The molecule has 1 saturated heterocycles. The number of rotatable bonds is 0. The van der Waals surface area contributed by atoms with Crippen LogP contribution < -0.4 is 5.73 Å². The molecule has 0 bridgehead atoms. The zero-order valence-electron chi connectivity index (χ0n) is 7.46. The molecule has 3 aliphatic rings. The third-order valence-corrected chi connectivity index (χ3v) is 4.36. The minimum Gasteiger partial charge on any atom is -0.377 e. The van der Waals surface area contributed by atoms with Gasteiger partial charge in [-0.3, -0.25) is 0 Å². The second-order valence-electron chi connectivity index (χ2n) is 4.71. The molecule has 0 aromatic rings. The van der Waals surface area contributed by atoms with Gasteiger partial charge in [0.1, 0.15) is 0 Å². The Hall–Kier alpha value is -0.0800. The average Bonchev–Trinajstić information content (AvgIpc) is 2.72. The van der Waals surface area contributed by atoms with Gasteiger partial charge in [-0.05, 0) is 19.3 Å². The van der Waals surface area contributed by atoms with Gasteiger partial charge >= 0.3 is 0 Å². The van der Waals surface area contributed by atoms with E-state index in [4.69, 9.17) is 10.5 Å². The van der Waals surface area contributed by atoms with Gasteiger partial charge in [-0.2, -0.15) is 0 Å². The van der Waals surface area contributed by atoms with Gasteiger partial charge in [-0.1, -0.05) is 12.8 Å². The summed E-state index contributed by atoms with van der Waals surface area (Å²) in [6.07, 6.45) is 7.17. The van der Waals surface area contributed by atoms with E-state index in [1.807, 2.05) is 0 Å². The van der Waals surface area contributed by atoms with Gasteiger partial charge in [0.15, 0.2) is 0 Å². The second kappa shape index (κ2) is 2.24. The largest absolute Gasteiger partial charge is 0.377 e. The second-order valence-corrected chi connectivity index (χ2v) is 4.71. The number of hydrogen-bond donors (Lipinski definition) is 1. The highest BCUT2D eigenvalue weighted by molar-refractivity contribution is 5.15. The van der Waals surface area contributed by atoms with Gasteiger partial charge < -0.3 is 10.5 Å². The molecule has 1 spiro atoms. The van der Waals surface area contributed by atoms with E-state index >= 15 is 0 Å². The number of fused-ring (bicyclic) bond motifs is 2. The van der Waals surface area contributed by atoms with Crippen LogP contribution in [0.15, 0.2) is 0 Å². The molecule has 12 heavy (non-hydrogen) atoms. The van der Waals surface area contributed by atoms with Gasteiger partial charge in [0.25, 0.3) is 0 Å². The van der Waals surface area contributed by atoms with Crippen molar-refractivity contribution in [1.82, 2.24) is 0 Å². The van der Waals surface area contributed by atoms with Crippen molar-refractivity contribution in [2.24, 2.45) is 17.1 Å². The Balaban J connectivity index is 1.87. The molecule has 0 radical (unpaired) electrons. The maximum atomic E-state index is 6.22. The van der Waals surface area contributed by atoms with E-state index in [1.54, 1.807) is 0 Å². The van der Waals surface area contributed by atoms with Crippen LogP contribution in [0.4, 0.5) is 0 Å². The fourth-order valence-electron chi connectivity index (χ4n) is 3.71. The van der Waals surface area contributed by atoms with Gasteiger partial charge in [0.05, 0.1) is 6.10 Å². The third kappa shape index (κ3) is 0.647. The first-order chi connectivity index (χ1) is 5.84. The standard InChI is InChI=1S/C10H17NO/c11-8-7-3-6-12-9(7)10(8)4-1-2-5-10/h7-9H,1-6,11H2/t7-,8-,9-/m1/s1. The van der Waals surface area contributed by atoms with E-state index in [-0.39, 0.29) is 0 Å². The molecule has 3 atom stereocenters. The third-order valence-electron chi connectivity index (χ3n) is 4.36. The highest BCUT2D eigenvalue weighted by Gasteiger charge is 2.63. The van der Waals surface area contributed by atoms with Crippen LogP contribution in [-0.2, 0) is 4.74 Å². The van der Waals surface area contributed by atoms with Crippen LogP contribution in [0.5, 0.6) is 0 Å². The first kappa shape index (κ1) is 7.34. The summed E-state index contributed by atoms with van der Waals surface area (Å²) in [6, 6.07) is 0.465. The quantitative estimate of drug-likeness (QED) is 0.590. The molecule has 0 unspecified atom stereocenters. The molecule has 2 aliphatic carbocycles. The first-order valence-corrected chi connectivity index (χ1v) is 5.22. The fourth-order valence-corrected chi connectivity index (χ4v) is 3.71. The summed E-state index contributed by atoms with van der Waals surface area (Å²) in [5, 5.41) is 0. The zero-order chi connectivity index (χ0) is 8.18. The molecule has 2 nitrogen and oxygen atoms in total. The number of nitrogens with two attached hydrogens (primary N) is 1. The lowest BCUT2D eigenvalue weighted by molar-refractivity contribution is -0.118. The zero-order valence-corrected chi connectivity index (χ0v) is 7.46. The molecule has 0 amide bonds. The molecule has 0 aromatic carbocycles. The van der Waals surface area contributed by atoms with Crippen LogP contribution in [0.25, 0.3) is 0 Å². The Kier molecular flexibility index (Phi) is 1.37. The molecule has 1 heterocycles. The molecule has 1 aliphatic heterocycles. The van der Waals surface area contributed by atoms with E-state index in [0.717, 1.165) is 6.61 Å². The predicted molar refractivity (Wildman–Crippen MR) is 46.7 cm³/mol. The Morgan fingerprint density at radius 2 is 2.00 bits per heavy atom. The molecular formula is C10H17NO. The predicted octanol–water partition coefficient (Wildman–Crippen LogP) is 1.29. The molecule has 2 heteroatoms. The molecule has 0 aromatic heterocycles. The monoisotopic (exact) mass is 167 g/mol. The Bertz CT molecular complexity index is 198. The minimum atomic E-state index is 0.432. The highest BCUT2D eigenvalue weighted by Crippen LogP contribution is 2.59. The van der Waals surface area contributed by atoms with Crippen molar-refractivity contribution >= 4 is 0 Å². The SMILES string of the molecule is N[C@@H]1[C@H]2CCO[C@H]2C12CCCC2. The normalized spacial score (nSPS) is 49.2. The molecule has 2 N–H and O–H groups in total. The Morgan fingerprint density at radius 3 is 2.75 bits per heavy atom. The first-order valence-electron chi connectivity index (χ1n) is 5.22. The maximum absolute atomic E-state index is 6.22. The highest BCUT2D eigenvalue weighted by atomic mass is 16.5. The lowest BCUT2D eigenvalue weighted by atomic mass is 9.55. The van der Waals surface area contributed by atoms with Crippen LogP contribution in [0.1, 0.15) is 32.1 Å². The maximum Gasteiger partial charge on any atom is 0.0690 e. The van der Waals surface area contributed by atoms with Crippen molar-refractivity contribution in [2.45, 2.75) is 44.2 Å². The van der Waals surface area contributed by atoms with Gasteiger partial charge in [0.2, 0.25) is 0 Å².